The van der Waals surface area contributed by atoms with Gasteiger partial charge in [-0.15, -0.1) is 0 Å². The van der Waals surface area contributed by atoms with Crippen LogP contribution in [0.5, 0.6) is 0 Å². The Morgan fingerprint density at radius 2 is 2.27 bits per heavy atom. The number of ether oxygens (including phenoxy) is 1. The van der Waals surface area contributed by atoms with Crippen molar-refractivity contribution in [2.24, 2.45) is 7.05 Å². The van der Waals surface area contributed by atoms with Gasteiger partial charge in [-0.1, -0.05) is 5.16 Å². The maximum atomic E-state index is 12.0. The summed E-state index contributed by atoms with van der Waals surface area (Å²) < 4.78 is 47.5. The van der Waals surface area contributed by atoms with Gasteiger partial charge in [0.25, 0.3) is 0 Å². The normalized spacial score (nSPS) is 18.5. The number of rotatable bonds is 4. The Bertz CT molecular complexity index is 650. The molecule has 6 nitrogen and oxygen atoms in total. The first-order chi connectivity index (χ1) is 10.4. The van der Waals surface area contributed by atoms with Gasteiger partial charge in [0.15, 0.2) is 5.82 Å². The molecule has 22 heavy (non-hydrogen) atoms. The molecule has 1 atom stereocenters. The van der Waals surface area contributed by atoms with Crippen molar-refractivity contribution in [3.05, 3.63) is 29.2 Å². The Hall–Kier alpha value is -1.90. The van der Waals surface area contributed by atoms with Crippen molar-refractivity contribution < 1.29 is 22.4 Å². The summed E-state index contributed by atoms with van der Waals surface area (Å²) >= 11 is 0. The van der Waals surface area contributed by atoms with Crippen molar-refractivity contribution in [1.29, 1.82) is 0 Å². The first kappa shape index (κ1) is 15.0. The highest BCUT2D eigenvalue weighted by atomic mass is 19.4. The van der Waals surface area contributed by atoms with Crippen LogP contribution in [0.25, 0.3) is 0 Å². The van der Waals surface area contributed by atoms with Crippen LogP contribution < -0.4 is 0 Å². The second kappa shape index (κ2) is 5.71. The molecule has 0 N–H and O–H groups in total. The summed E-state index contributed by atoms with van der Waals surface area (Å²) in [6.45, 7) is -1.63. The topological polar surface area (TPSA) is 66.0 Å². The van der Waals surface area contributed by atoms with Crippen molar-refractivity contribution in [3.8, 4) is 0 Å². The summed E-state index contributed by atoms with van der Waals surface area (Å²) in [4.78, 5) is 4.14. The fraction of sp³-hybridized carbons (Fsp3) is 0.615. The molecule has 0 fully saturated rings. The van der Waals surface area contributed by atoms with E-state index in [0.29, 0.717) is 5.89 Å². The van der Waals surface area contributed by atoms with E-state index in [4.69, 9.17) is 4.52 Å². The van der Waals surface area contributed by atoms with Crippen LogP contribution >= 0.6 is 0 Å². The highest BCUT2D eigenvalue weighted by Gasteiger charge is 2.29. The average Bonchev–Trinajstić information content (AvgIpc) is 3.05. The third kappa shape index (κ3) is 3.29. The van der Waals surface area contributed by atoms with Crippen molar-refractivity contribution in [3.63, 3.8) is 0 Å². The molecule has 1 unspecified atom stereocenters. The van der Waals surface area contributed by atoms with Gasteiger partial charge in [0.1, 0.15) is 13.2 Å². The Balaban J connectivity index is 1.61. The van der Waals surface area contributed by atoms with Crippen LogP contribution in [0.3, 0.4) is 0 Å². The Morgan fingerprint density at radius 3 is 3.05 bits per heavy atom. The Morgan fingerprint density at radius 1 is 1.45 bits per heavy atom. The third-order valence-corrected chi connectivity index (χ3v) is 3.68. The molecule has 0 aromatic carbocycles. The number of hydrogen-bond acceptors (Lipinski definition) is 5. The average molecular weight is 316 g/mol. The van der Waals surface area contributed by atoms with Gasteiger partial charge < -0.3 is 9.26 Å². The number of aryl methyl sites for hydroxylation is 2. The number of alkyl halides is 3. The first-order valence-corrected chi connectivity index (χ1v) is 6.89. The van der Waals surface area contributed by atoms with Crippen molar-refractivity contribution >= 4 is 0 Å². The summed E-state index contributed by atoms with van der Waals surface area (Å²) in [6.07, 6.45) is -0.0433. The zero-order chi connectivity index (χ0) is 15.7. The van der Waals surface area contributed by atoms with Gasteiger partial charge in [0.05, 0.1) is 6.20 Å². The molecule has 120 valence electrons. The van der Waals surface area contributed by atoms with Crippen molar-refractivity contribution in [1.82, 2.24) is 19.9 Å². The lowest BCUT2D eigenvalue weighted by Crippen LogP contribution is -2.17. The molecule has 1 aliphatic rings. The number of fused-ring (bicyclic) bond motifs is 1. The molecule has 2 aromatic rings. The first-order valence-electron chi connectivity index (χ1n) is 6.89. The largest absolute Gasteiger partial charge is 0.411 e. The van der Waals surface area contributed by atoms with Crippen LogP contribution in [-0.4, -0.2) is 32.7 Å². The van der Waals surface area contributed by atoms with Crippen LogP contribution in [0, 0.1) is 0 Å². The van der Waals surface area contributed by atoms with Crippen LogP contribution in [0.4, 0.5) is 13.2 Å². The van der Waals surface area contributed by atoms with Crippen LogP contribution in [0.2, 0.25) is 0 Å². The molecule has 0 amide bonds. The number of aromatic nitrogens is 4. The molecular weight excluding hydrogens is 301 g/mol. The lowest BCUT2D eigenvalue weighted by Gasteiger charge is -2.19. The third-order valence-electron chi connectivity index (χ3n) is 3.68. The maximum absolute atomic E-state index is 12.0. The van der Waals surface area contributed by atoms with E-state index in [9.17, 15) is 13.2 Å². The number of nitrogens with zero attached hydrogens (tertiary/aromatic N) is 4. The van der Waals surface area contributed by atoms with E-state index in [1.54, 1.807) is 0 Å². The quantitative estimate of drug-likeness (QED) is 0.865. The van der Waals surface area contributed by atoms with Crippen LogP contribution in [0.1, 0.15) is 35.3 Å². The highest BCUT2D eigenvalue weighted by molar-refractivity contribution is 5.23. The van der Waals surface area contributed by atoms with Crippen LogP contribution in [-0.2, 0) is 31.2 Å². The molecule has 9 heteroatoms. The molecule has 0 bridgehead atoms. The molecular formula is C13H15F3N4O2. The molecule has 0 saturated heterocycles. The predicted octanol–water partition coefficient (Wildman–Crippen LogP) is 2.15. The van der Waals surface area contributed by atoms with Gasteiger partial charge >= 0.3 is 6.18 Å². The minimum absolute atomic E-state index is 0.0618. The highest BCUT2D eigenvalue weighted by Crippen LogP contribution is 2.31. The molecule has 2 aromatic heterocycles. The summed E-state index contributed by atoms with van der Waals surface area (Å²) in [6, 6.07) is 0. The summed E-state index contributed by atoms with van der Waals surface area (Å²) in [7, 11) is 1.88. The maximum Gasteiger partial charge on any atom is 0.411 e. The second-order valence-electron chi connectivity index (χ2n) is 5.34. The molecule has 0 spiro atoms. The lowest BCUT2D eigenvalue weighted by molar-refractivity contribution is -0.177. The summed E-state index contributed by atoms with van der Waals surface area (Å²) in [5.74, 6) is 0.638. The fourth-order valence-electron chi connectivity index (χ4n) is 2.61. The van der Waals surface area contributed by atoms with Gasteiger partial charge in [-0.2, -0.15) is 23.3 Å². The molecule has 1 aliphatic carbocycles. The van der Waals surface area contributed by atoms with Gasteiger partial charge in [-0.25, -0.2) is 0 Å². The van der Waals surface area contributed by atoms with E-state index in [1.807, 2.05) is 17.9 Å². The van der Waals surface area contributed by atoms with Gasteiger partial charge in [-0.3, -0.25) is 4.68 Å². The monoisotopic (exact) mass is 316 g/mol. The SMILES string of the molecule is Cn1ncc2c1CC(c1nc(COCC(F)(F)F)no1)CC2. The van der Waals surface area contributed by atoms with Crippen molar-refractivity contribution in [2.75, 3.05) is 6.61 Å². The Kier molecular flexibility index (Phi) is 3.90. The van der Waals surface area contributed by atoms with Gasteiger partial charge in [0.2, 0.25) is 5.89 Å². The zero-order valence-corrected chi connectivity index (χ0v) is 11.9. The summed E-state index contributed by atoms with van der Waals surface area (Å²) in [5, 5.41) is 7.89. The van der Waals surface area contributed by atoms with E-state index in [2.05, 4.69) is 20.0 Å². The van der Waals surface area contributed by atoms with Crippen molar-refractivity contribution in [2.45, 2.75) is 38.0 Å². The van der Waals surface area contributed by atoms with E-state index in [-0.39, 0.29) is 18.3 Å². The second-order valence-corrected chi connectivity index (χ2v) is 5.34. The zero-order valence-electron chi connectivity index (χ0n) is 11.9. The lowest BCUT2D eigenvalue weighted by atomic mass is 9.88. The number of halogens is 3. The van der Waals surface area contributed by atoms with Gasteiger partial charge in [0, 0.05) is 25.1 Å². The minimum Gasteiger partial charge on any atom is -0.364 e. The fourth-order valence-corrected chi connectivity index (χ4v) is 2.61. The standard InChI is InChI=1S/C13H15F3N4O2/c1-20-10-4-8(2-3-9(10)5-17-20)12-18-11(19-22-12)6-21-7-13(14,15)16/h5,8H,2-4,6-7H2,1H3. The van der Waals surface area contributed by atoms with E-state index < -0.39 is 12.8 Å². The molecule has 0 radical (unpaired) electrons. The van der Waals surface area contributed by atoms with Gasteiger partial charge in [-0.05, 0) is 18.4 Å². The molecule has 3 rings (SSSR count). The molecule has 0 saturated carbocycles. The predicted molar refractivity (Wildman–Crippen MR) is 68.0 cm³/mol. The van der Waals surface area contributed by atoms with E-state index in [0.717, 1.165) is 25.0 Å². The van der Waals surface area contributed by atoms with E-state index >= 15 is 0 Å². The number of hydrogen-bond donors (Lipinski definition) is 0. The smallest absolute Gasteiger partial charge is 0.364 e. The Labute approximate surface area is 124 Å². The van der Waals surface area contributed by atoms with Crippen LogP contribution in [0.15, 0.2) is 10.7 Å². The van der Waals surface area contributed by atoms with E-state index in [1.165, 1.54) is 5.56 Å². The minimum atomic E-state index is -4.36. The molecule has 2 heterocycles. The summed E-state index contributed by atoms with van der Waals surface area (Å²) in [5.41, 5.74) is 2.34. The molecule has 0 aliphatic heterocycles.